The van der Waals surface area contributed by atoms with Crippen LogP contribution in [0.4, 0.5) is 0 Å². The van der Waals surface area contributed by atoms with E-state index in [0.717, 1.165) is 12.2 Å². The molecule has 0 aliphatic rings. The Hall–Kier alpha value is -1.54. The van der Waals surface area contributed by atoms with Crippen LogP contribution in [0.25, 0.3) is 0 Å². The Labute approximate surface area is 109 Å². The number of hydrogen-bond donors (Lipinski definition) is 1. The summed E-state index contributed by atoms with van der Waals surface area (Å²) in [6.07, 6.45) is 2.75. The molecule has 0 amide bonds. The van der Waals surface area contributed by atoms with Crippen molar-refractivity contribution in [2.45, 2.75) is 39.3 Å². The van der Waals surface area contributed by atoms with Crippen molar-refractivity contribution >= 4 is 0 Å². The Kier molecular flexibility index (Phi) is 4.21. The largest absolute Gasteiger partial charge is 0.468 e. The summed E-state index contributed by atoms with van der Waals surface area (Å²) in [4.78, 5) is 0. The second-order valence-corrected chi connectivity index (χ2v) is 4.78. The van der Waals surface area contributed by atoms with Crippen LogP contribution < -0.4 is 5.32 Å². The summed E-state index contributed by atoms with van der Waals surface area (Å²) in [7, 11) is 0. The number of benzene rings is 1. The molecule has 0 bridgehead atoms. The molecule has 0 saturated heterocycles. The van der Waals surface area contributed by atoms with E-state index in [9.17, 15) is 0 Å². The third-order valence-corrected chi connectivity index (χ3v) is 3.29. The van der Waals surface area contributed by atoms with Crippen LogP contribution in [0, 0.1) is 6.92 Å². The highest BCUT2D eigenvalue weighted by molar-refractivity contribution is 5.25. The van der Waals surface area contributed by atoms with E-state index in [1.54, 1.807) is 6.26 Å². The van der Waals surface area contributed by atoms with Gasteiger partial charge in [0.15, 0.2) is 0 Å². The van der Waals surface area contributed by atoms with Gasteiger partial charge in [-0.15, -0.1) is 0 Å². The smallest absolute Gasteiger partial charge is 0.120 e. The van der Waals surface area contributed by atoms with E-state index in [1.165, 1.54) is 11.1 Å². The Morgan fingerprint density at radius 1 is 1.22 bits per heavy atom. The van der Waals surface area contributed by atoms with Crippen molar-refractivity contribution in [1.29, 1.82) is 0 Å². The minimum atomic E-state index is 0.274. The molecule has 0 aliphatic carbocycles. The Morgan fingerprint density at radius 2 is 2.06 bits per heavy atom. The van der Waals surface area contributed by atoms with E-state index in [4.69, 9.17) is 4.42 Å². The Morgan fingerprint density at radius 3 is 2.67 bits per heavy atom. The van der Waals surface area contributed by atoms with Crippen molar-refractivity contribution in [2.75, 3.05) is 0 Å². The minimum absolute atomic E-state index is 0.274. The summed E-state index contributed by atoms with van der Waals surface area (Å²) in [5.41, 5.74) is 2.62. The number of rotatable bonds is 5. The van der Waals surface area contributed by atoms with Gasteiger partial charge in [0.1, 0.15) is 5.76 Å². The summed E-state index contributed by atoms with van der Waals surface area (Å²) >= 11 is 0. The molecule has 0 fully saturated rings. The summed E-state index contributed by atoms with van der Waals surface area (Å²) in [5, 5.41) is 3.62. The predicted octanol–water partition coefficient (Wildman–Crippen LogP) is 4.39. The van der Waals surface area contributed by atoms with Gasteiger partial charge in [0.2, 0.25) is 0 Å². The van der Waals surface area contributed by atoms with Crippen LogP contribution in [0.3, 0.4) is 0 Å². The quantitative estimate of drug-likeness (QED) is 0.842. The van der Waals surface area contributed by atoms with E-state index >= 15 is 0 Å². The first-order chi connectivity index (χ1) is 8.70. The molecule has 1 heterocycles. The number of aryl methyl sites for hydroxylation is 1. The lowest BCUT2D eigenvalue weighted by Gasteiger charge is -2.21. The van der Waals surface area contributed by atoms with Crippen molar-refractivity contribution in [2.24, 2.45) is 0 Å². The Bertz CT molecular complexity index is 476. The first kappa shape index (κ1) is 12.9. The van der Waals surface area contributed by atoms with Crippen LogP contribution in [0.5, 0.6) is 0 Å². The fourth-order valence-corrected chi connectivity index (χ4v) is 2.23. The van der Waals surface area contributed by atoms with Crippen LogP contribution in [0.1, 0.15) is 49.2 Å². The number of nitrogens with one attached hydrogen (secondary N) is 1. The van der Waals surface area contributed by atoms with Crippen LogP contribution in [-0.2, 0) is 0 Å². The van der Waals surface area contributed by atoms with E-state index in [1.807, 2.05) is 12.1 Å². The number of furan rings is 1. The second-order valence-electron chi connectivity index (χ2n) is 4.78. The first-order valence-corrected chi connectivity index (χ1v) is 6.56. The van der Waals surface area contributed by atoms with Gasteiger partial charge in [-0.25, -0.2) is 0 Å². The molecule has 0 radical (unpaired) electrons. The molecule has 1 unspecified atom stereocenters. The molecule has 1 N–H and O–H groups in total. The highest BCUT2D eigenvalue weighted by Crippen LogP contribution is 2.22. The van der Waals surface area contributed by atoms with Gasteiger partial charge < -0.3 is 9.73 Å². The second kappa shape index (κ2) is 5.87. The lowest BCUT2D eigenvalue weighted by Crippen LogP contribution is -2.23. The average molecular weight is 243 g/mol. The van der Waals surface area contributed by atoms with E-state index in [2.05, 4.69) is 50.4 Å². The summed E-state index contributed by atoms with van der Waals surface area (Å²) in [6, 6.07) is 13.2. The van der Waals surface area contributed by atoms with Gasteiger partial charge in [-0.05, 0) is 38.0 Å². The normalized spacial score (nSPS) is 14.4. The molecule has 2 atom stereocenters. The highest BCUT2D eigenvalue weighted by atomic mass is 16.3. The maximum atomic E-state index is 5.48. The van der Waals surface area contributed by atoms with Crippen LogP contribution in [0.15, 0.2) is 47.1 Å². The molecule has 18 heavy (non-hydrogen) atoms. The SMILES string of the molecule is CCC(N[C@H](C)c1cccc(C)c1)c1ccco1. The molecule has 0 spiro atoms. The monoisotopic (exact) mass is 243 g/mol. The van der Waals surface area contributed by atoms with Gasteiger partial charge in [0.05, 0.1) is 12.3 Å². The molecule has 2 nitrogen and oxygen atoms in total. The summed E-state index contributed by atoms with van der Waals surface area (Å²) in [5.74, 6) is 1.01. The zero-order valence-corrected chi connectivity index (χ0v) is 11.3. The fraction of sp³-hybridized carbons (Fsp3) is 0.375. The zero-order valence-electron chi connectivity index (χ0n) is 11.3. The third kappa shape index (κ3) is 3.02. The van der Waals surface area contributed by atoms with Crippen molar-refractivity contribution in [3.05, 3.63) is 59.5 Å². The van der Waals surface area contributed by atoms with Crippen molar-refractivity contribution in [3.8, 4) is 0 Å². The average Bonchev–Trinajstić information content (AvgIpc) is 2.89. The molecule has 2 aromatic rings. The van der Waals surface area contributed by atoms with Crippen LogP contribution >= 0.6 is 0 Å². The van der Waals surface area contributed by atoms with Crippen LogP contribution in [-0.4, -0.2) is 0 Å². The van der Waals surface area contributed by atoms with Gasteiger partial charge in [0, 0.05) is 6.04 Å². The molecule has 1 aromatic carbocycles. The molecule has 2 heteroatoms. The lowest BCUT2D eigenvalue weighted by molar-refractivity contribution is 0.376. The van der Waals surface area contributed by atoms with E-state index in [0.29, 0.717) is 6.04 Å². The molecule has 96 valence electrons. The van der Waals surface area contributed by atoms with E-state index < -0.39 is 0 Å². The van der Waals surface area contributed by atoms with Crippen LogP contribution in [0.2, 0.25) is 0 Å². The summed E-state index contributed by atoms with van der Waals surface area (Å²) < 4.78 is 5.48. The fourth-order valence-electron chi connectivity index (χ4n) is 2.23. The third-order valence-electron chi connectivity index (χ3n) is 3.29. The van der Waals surface area contributed by atoms with Gasteiger partial charge >= 0.3 is 0 Å². The lowest BCUT2D eigenvalue weighted by atomic mass is 10.0. The van der Waals surface area contributed by atoms with Gasteiger partial charge in [-0.1, -0.05) is 36.8 Å². The minimum Gasteiger partial charge on any atom is -0.468 e. The van der Waals surface area contributed by atoms with Crippen molar-refractivity contribution < 1.29 is 4.42 Å². The molecular formula is C16H21NO. The van der Waals surface area contributed by atoms with Crippen molar-refractivity contribution in [3.63, 3.8) is 0 Å². The predicted molar refractivity (Wildman–Crippen MR) is 74.5 cm³/mol. The molecule has 2 rings (SSSR count). The highest BCUT2D eigenvalue weighted by Gasteiger charge is 2.15. The van der Waals surface area contributed by atoms with Gasteiger partial charge in [0.25, 0.3) is 0 Å². The molecule has 0 saturated carbocycles. The zero-order chi connectivity index (χ0) is 13.0. The van der Waals surface area contributed by atoms with Crippen molar-refractivity contribution in [1.82, 2.24) is 5.32 Å². The first-order valence-electron chi connectivity index (χ1n) is 6.56. The van der Waals surface area contributed by atoms with Gasteiger partial charge in [-0.3, -0.25) is 0 Å². The molecule has 0 aliphatic heterocycles. The maximum Gasteiger partial charge on any atom is 0.120 e. The van der Waals surface area contributed by atoms with E-state index in [-0.39, 0.29) is 6.04 Å². The maximum absolute atomic E-state index is 5.48. The van der Waals surface area contributed by atoms with Gasteiger partial charge in [-0.2, -0.15) is 0 Å². The topological polar surface area (TPSA) is 25.2 Å². The Balaban J connectivity index is 2.08. The molecule has 1 aromatic heterocycles. The standard InChI is InChI=1S/C16H21NO/c1-4-15(16-9-6-10-18-16)17-13(3)14-8-5-7-12(2)11-14/h5-11,13,15,17H,4H2,1-3H3/t13-,15?/m1/s1. The summed E-state index contributed by atoms with van der Waals surface area (Å²) in [6.45, 7) is 6.49. The number of hydrogen-bond acceptors (Lipinski definition) is 2. The molecular weight excluding hydrogens is 222 g/mol.